The summed E-state index contributed by atoms with van der Waals surface area (Å²) in [5.74, 6) is -2.60. The number of aromatic nitrogens is 3. The molecule has 160 valence electrons. The number of benzene rings is 1. The van der Waals surface area contributed by atoms with E-state index in [9.17, 15) is 35.9 Å². The Morgan fingerprint density at radius 1 is 1.03 bits per heavy atom. The number of likely N-dealkylation sites (tertiary alicyclic amines) is 1. The van der Waals surface area contributed by atoms with E-state index < -0.39 is 52.7 Å². The van der Waals surface area contributed by atoms with Gasteiger partial charge in [0.15, 0.2) is 5.82 Å². The first kappa shape index (κ1) is 21.3. The Kier molecular flexibility index (Phi) is 5.31. The van der Waals surface area contributed by atoms with Crippen LogP contribution in [0, 0.1) is 5.92 Å². The number of amides is 1. The normalized spacial score (nSPS) is 15.5. The Morgan fingerprint density at radius 2 is 1.60 bits per heavy atom. The topological polar surface area (TPSA) is 88.3 Å². The van der Waals surface area contributed by atoms with Crippen molar-refractivity contribution in [2.75, 3.05) is 13.1 Å². The van der Waals surface area contributed by atoms with E-state index in [1.165, 1.54) is 4.90 Å². The lowest BCUT2D eigenvalue weighted by molar-refractivity contribution is -0.151. The number of aliphatic carboxylic acids is 1. The van der Waals surface area contributed by atoms with E-state index in [1.54, 1.807) is 0 Å². The van der Waals surface area contributed by atoms with Gasteiger partial charge in [0.25, 0.3) is 0 Å². The molecule has 0 atom stereocenters. The third kappa shape index (κ3) is 4.60. The molecule has 1 saturated heterocycles. The zero-order valence-corrected chi connectivity index (χ0v) is 14.8. The first-order valence-corrected chi connectivity index (χ1v) is 8.25. The van der Waals surface area contributed by atoms with Gasteiger partial charge in [0.05, 0.1) is 17.0 Å². The first-order chi connectivity index (χ1) is 13.8. The fourth-order valence-electron chi connectivity index (χ4n) is 2.62. The second-order valence-electron chi connectivity index (χ2n) is 6.44. The summed E-state index contributed by atoms with van der Waals surface area (Å²) in [6.07, 6.45) is -6.87. The number of hydrogen-bond acceptors (Lipinski definition) is 4. The predicted octanol–water partition coefficient (Wildman–Crippen LogP) is 3.00. The number of halogens is 6. The first-order valence-electron chi connectivity index (χ1n) is 8.25. The van der Waals surface area contributed by atoms with Gasteiger partial charge < -0.3 is 10.0 Å². The van der Waals surface area contributed by atoms with E-state index in [2.05, 4.69) is 10.1 Å². The number of alkyl halides is 6. The Labute approximate surface area is 164 Å². The molecule has 1 aliphatic rings. The number of rotatable bonds is 4. The summed E-state index contributed by atoms with van der Waals surface area (Å²) in [4.78, 5) is 27.5. The van der Waals surface area contributed by atoms with Crippen molar-refractivity contribution in [3.63, 3.8) is 0 Å². The van der Waals surface area contributed by atoms with Crippen molar-refractivity contribution in [2.45, 2.75) is 12.4 Å². The molecule has 1 aliphatic heterocycles. The molecule has 1 aromatic carbocycles. The summed E-state index contributed by atoms with van der Waals surface area (Å²) in [7, 11) is 0. The molecular formula is C17H12F6N4O3. The van der Waals surface area contributed by atoms with Crippen molar-refractivity contribution in [3.05, 3.63) is 41.7 Å². The summed E-state index contributed by atoms with van der Waals surface area (Å²) in [6.45, 7) is 0.0666. The Bertz CT molecular complexity index is 973. The highest BCUT2D eigenvalue weighted by Crippen LogP contribution is 2.38. The second kappa shape index (κ2) is 7.46. The number of carboxylic acid groups (broad SMARTS) is 1. The summed E-state index contributed by atoms with van der Waals surface area (Å²) < 4.78 is 78.7. The van der Waals surface area contributed by atoms with E-state index in [4.69, 9.17) is 5.11 Å². The van der Waals surface area contributed by atoms with Crippen molar-refractivity contribution in [1.82, 2.24) is 19.7 Å². The van der Waals surface area contributed by atoms with E-state index >= 15 is 0 Å². The molecule has 30 heavy (non-hydrogen) atoms. The van der Waals surface area contributed by atoms with Crippen molar-refractivity contribution in [3.8, 4) is 11.4 Å². The third-order valence-corrected chi connectivity index (χ3v) is 4.27. The molecule has 2 aromatic rings. The van der Waals surface area contributed by atoms with Gasteiger partial charge in [-0.05, 0) is 18.2 Å². The molecule has 1 aromatic heterocycles. The van der Waals surface area contributed by atoms with Gasteiger partial charge >= 0.3 is 18.3 Å². The number of carboxylic acids is 1. The minimum atomic E-state index is -5.00. The average Bonchev–Trinajstić information content (AvgIpc) is 3.05. The van der Waals surface area contributed by atoms with Crippen LogP contribution in [0.15, 0.2) is 30.6 Å². The minimum Gasteiger partial charge on any atom is -0.481 e. The average molecular weight is 434 g/mol. The van der Waals surface area contributed by atoms with E-state index in [0.29, 0.717) is 12.1 Å². The van der Waals surface area contributed by atoms with Gasteiger partial charge in [-0.1, -0.05) is 0 Å². The molecular weight excluding hydrogens is 422 g/mol. The van der Waals surface area contributed by atoms with Crippen LogP contribution in [0.2, 0.25) is 0 Å². The van der Waals surface area contributed by atoms with Crippen LogP contribution in [0.1, 0.15) is 11.1 Å². The lowest BCUT2D eigenvalue weighted by Gasteiger charge is -2.35. The van der Waals surface area contributed by atoms with Gasteiger partial charge in [0.1, 0.15) is 6.33 Å². The lowest BCUT2D eigenvalue weighted by atomic mass is 10.0. The maximum Gasteiger partial charge on any atom is 0.416 e. The molecule has 13 heteroatoms. The van der Waals surface area contributed by atoms with Gasteiger partial charge in [-0.25, -0.2) is 9.67 Å². The van der Waals surface area contributed by atoms with Crippen LogP contribution in [-0.4, -0.2) is 49.7 Å². The highest BCUT2D eigenvalue weighted by molar-refractivity contribution is 5.91. The zero-order valence-electron chi connectivity index (χ0n) is 14.8. The van der Waals surface area contributed by atoms with Gasteiger partial charge in [0, 0.05) is 30.9 Å². The maximum atomic E-state index is 13.0. The summed E-state index contributed by atoms with van der Waals surface area (Å²) in [5, 5.41) is 12.5. The fourth-order valence-corrected chi connectivity index (χ4v) is 2.62. The van der Waals surface area contributed by atoms with E-state index in [0.717, 1.165) is 23.3 Å². The second-order valence-corrected chi connectivity index (χ2v) is 6.44. The fraction of sp³-hybridized carbons (Fsp3) is 0.294. The Hall–Kier alpha value is -3.38. The molecule has 0 spiro atoms. The Morgan fingerprint density at radius 3 is 2.10 bits per heavy atom. The van der Waals surface area contributed by atoms with Gasteiger partial charge in [-0.15, -0.1) is 5.10 Å². The molecule has 0 saturated carbocycles. The molecule has 1 N–H and O–H groups in total. The largest absolute Gasteiger partial charge is 0.481 e. The number of nitrogens with zero attached hydrogens (tertiary/aromatic N) is 4. The van der Waals surface area contributed by atoms with Crippen LogP contribution in [0.4, 0.5) is 26.3 Å². The molecule has 0 bridgehead atoms. The van der Waals surface area contributed by atoms with Gasteiger partial charge in [-0.3, -0.25) is 9.59 Å². The molecule has 2 heterocycles. The highest BCUT2D eigenvalue weighted by Gasteiger charge is 2.37. The molecule has 0 aliphatic carbocycles. The summed E-state index contributed by atoms with van der Waals surface area (Å²) in [6, 6.07) is 0.988. The number of carbonyl (C=O) groups excluding carboxylic acids is 1. The number of hydrogen-bond donors (Lipinski definition) is 1. The summed E-state index contributed by atoms with van der Waals surface area (Å²) >= 11 is 0. The molecule has 3 rings (SSSR count). The molecule has 1 amide bonds. The van der Waals surface area contributed by atoms with E-state index in [-0.39, 0.29) is 19.2 Å². The van der Waals surface area contributed by atoms with Crippen molar-refractivity contribution < 1.29 is 41.0 Å². The SMILES string of the molecule is O=C(O)C1CN(C(=O)/C=C\n2cnc(-c3cc(C(F)(F)F)cc(C(F)(F)F)c3)n2)C1. The minimum absolute atomic E-state index is 0.00345. The van der Waals surface area contributed by atoms with Crippen molar-refractivity contribution in [1.29, 1.82) is 0 Å². The quantitative estimate of drug-likeness (QED) is 0.591. The molecule has 0 unspecified atom stereocenters. The van der Waals surface area contributed by atoms with Crippen LogP contribution in [-0.2, 0) is 21.9 Å². The van der Waals surface area contributed by atoms with Gasteiger partial charge in [0.2, 0.25) is 5.91 Å². The monoisotopic (exact) mass is 434 g/mol. The molecule has 1 fully saturated rings. The maximum absolute atomic E-state index is 13.0. The summed E-state index contributed by atoms with van der Waals surface area (Å²) in [5.41, 5.74) is -3.50. The van der Waals surface area contributed by atoms with Crippen LogP contribution in [0.3, 0.4) is 0 Å². The standard InChI is InChI=1S/C17H12F6N4O3/c18-16(19,20)11-3-9(4-12(5-11)17(21,22)23)14-24-8-27(25-14)2-1-13(28)26-6-10(7-26)15(29)30/h1-5,8,10H,6-7H2,(H,29,30)/b2-1-. The highest BCUT2D eigenvalue weighted by atomic mass is 19.4. The van der Waals surface area contributed by atoms with Crippen LogP contribution in [0.5, 0.6) is 0 Å². The smallest absolute Gasteiger partial charge is 0.416 e. The van der Waals surface area contributed by atoms with E-state index in [1.807, 2.05) is 0 Å². The van der Waals surface area contributed by atoms with Crippen LogP contribution < -0.4 is 0 Å². The lowest BCUT2D eigenvalue weighted by Crippen LogP contribution is -2.52. The van der Waals surface area contributed by atoms with Gasteiger partial charge in [-0.2, -0.15) is 26.3 Å². The Balaban J connectivity index is 1.80. The van der Waals surface area contributed by atoms with Crippen molar-refractivity contribution in [2.24, 2.45) is 5.92 Å². The molecule has 7 nitrogen and oxygen atoms in total. The third-order valence-electron chi connectivity index (χ3n) is 4.27. The number of carbonyl (C=O) groups is 2. The predicted molar refractivity (Wildman–Crippen MR) is 88.5 cm³/mol. The van der Waals surface area contributed by atoms with Crippen molar-refractivity contribution >= 4 is 18.1 Å². The van der Waals surface area contributed by atoms with Crippen LogP contribution >= 0.6 is 0 Å². The zero-order chi connectivity index (χ0) is 22.3. The van der Waals surface area contributed by atoms with Crippen LogP contribution in [0.25, 0.3) is 17.6 Å². The molecule has 0 radical (unpaired) electrons.